The normalized spacial score (nSPS) is 10.2. The molecule has 6 nitrogen and oxygen atoms in total. The van der Waals surface area contributed by atoms with Gasteiger partial charge < -0.3 is 20.1 Å². The number of hydrogen-bond donors (Lipinski definition) is 2. The predicted octanol–water partition coefficient (Wildman–Crippen LogP) is 4.81. The lowest BCUT2D eigenvalue weighted by Gasteiger charge is -2.13. The lowest BCUT2D eigenvalue weighted by atomic mass is 10.2. The quantitative estimate of drug-likeness (QED) is 0.598. The van der Waals surface area contributed by atoms with Crippen molar-refractivity contribution in [1.82, 2.24) is 4.98 Å². The Bertz CT molecular complexity index is 947. The van der Waals surface area contributed by atoms with Gasteiger partial charge in [-0.2, -0.15) is 0 Å². The number of nitrogens with zero attached hydrogens (tertiary/aromatic N) is 1. The number of carbonyl (C=O) groups is 1. The van der Waals surface area contributed by atoms with Crippen LogP contribution in [-0.2, 0) is 4.79 Å². The van der Waals surface area contributed by atoms with Crippen LogP contribution >= 0.6 is 11.6 Å². The number of halogens is 1. The van der Waals surface area contributed by atoms with Crippen molar-refractivity contribution in [1.29, 1.82) is 0 Å². The van der Waals surface area contributed by atoms with Crippen LogP contribution in [0.15, 0.2) is 60.8 Å². The van der Waals surface area contributed by atoms with E-state index in [4.69, 9.17) is 21.1 Å². The van der Waals surface area contributed by atoms with Crippen molar-refractivity contribution in [2.24, 2.45) is 0 Å². The van der Waals surface area contributed by atoms with Gasteiger partial charge in [-0.25, -0.2) is 4.98 Å². The van der Waals surface area contributed by atoms with Gasteiger partial charge in [-0.3, -0.25) is 4.79 Å². The van der Waals surface area contributed by atoms with Gasteiger partial charge in [0.25, 0.3) is 5.91 Å². The third-order valence-electron chi connectivity index (χ3n) is 3.90. The molecule has 0 saturated heterocycles. The molecule has 2 N–H and O–H groups in total. The minimum absolute atomic E-state index is 0.0903. The molecule has 0 fully saturated rings. The monoisotopic (exact) mass is 397 g/mol. The minimum atomic E-state index is -0.285. The molecule has 0 bridgehead atoms. The van der Waals surface area contributed by atoms with Crippen LogP contribution in [0, 0.1) is 6.92 Å². The Morgan fingerprint density at radius 1 is 1.14 bits per heavy atom. The highest BCUT2D eigenvalue weighted by Crippen LogP contribution is 2.33. The molecule has 28 heavy (non-hydrogen) atoms. The van der Waals surface area contributed by atoms with E-state index in [1.54, 1.807) is 37.6 Å². The molecule has 3 aromatic rings. The zero-order chi connectivity index (χ0) is 19.9. The lowest BCUT2D eigenvalue weighted by molar-refractivity contribution is -0.118. The smallest absolute Gasteiger partial charge is 0.263 e. The average molecular weight is 398 g/mol. The molecule has 0 aliphatic heterocycles. The van der Waals surface area contributed by atoms with Gasteiger partial charge in [0.2, 0.25) is 0 Å². The van der Waals surface area contributed by atoms with E-state index in [0.717, 1.165) is 16.9 Å². The summed E-state index contributed by atoms with van der Waals surface area (Å²) in [5.74, 6) is 1.42. The molecular formula is C21H20ClN3O3. The van der Waals surface area contributed by atoms with E-state index in [0.29, 0.717) is 22.3 Å². The van der Waals surface area contributed by atoms with Crippen LogP contribution in [0.1, 0.15) is 5.56 Å². The van der Waals surface area contributed by atoms with Crippen LogP contribution in [0.2, 0.25) is 5.02 Å². The number of anilines is 3. The number of aryl methyl sites for hydroxylation is 1. The number of methoxy groups -OCH3 is 1. The Morgan fingerprint density at radius 2 is 1.93 bits per heavy atom. The molecule has 1 heterocycles. The lowest BCUT2D eigenvalue weighted by Crippen LogP contribution is -2.20. The molecule has 144 valence electrons. The number of rotatable bonds is 7. The van der Waals surface area contributed by atoms with Crippen molar-refractivity contribution in [2.45, 2.75) is 6.92 Å². The largest absolute Gasteiger partial charge is 0.495 e. The molecule has 0 aliphatic rings. The van der Waals surface area contributed by atoms with E-state index in [-0.39, 0.29) is 12.5 Å². The third-order valence-corrected chi connectivity index (χ3v) is 4.31. The van der Waals surface area contributed by atoms with Gasteiger partial charge >= 0.3 is 0 Å². The van der Waals surface area contributed by atoms with Crippen LogP contribution < -0.4 is 20.1 Å². The molecule has 0 aliphatic carbocycles. The van der Waals surface area contributed by atoms with Gasteiger partial charge in [-0.15, -0.1) is 0 Å². The maximum absolute atomic E-state index is 12.0. The van der Waals surface area contributed by atoms with Crippen LogP contribution in [0.5, 0.6) is 11.5 Å². The summed E-state index contributed by atoms with van der Waals surface area (Å²) >= 11 is 6.13. The van der Waals surface area contributed by atoms with E-state index in [9.17, 15) is 4.79 Å². The standard InChI is InChI=1S/C21H20ClN3O3/c1-14-10-18(19(27-2)11-17(14)22)24-15-8-9-20(23-12-15)25-21(26)13-28-16-6-4-3-5-7-16/h3-12,24H,13H2,1-2H3,(H,23,25,26). The molecule has 0 spiro atoms. The van der Waals surface area contributed by atoms with Gasteiger partial charge in [-0.05, 0) is 42.8 Å². The van der Waals surface area contributed by atoms with Crippen molar-refractivity contribution in [3.8, 4) is 11.5 Å². The summed E-state index contributed by atoms with van der Waals surface area (Å²) in [7, 11) is 1.58. The summed E-state index contributed by atoms with van der Waals surface area (Å²) in [6, 6.07) is 16.3. The maximum atomic E-state index is 12.0. The molecule has 7 heteroatoms. The summed E-state index contributed by atoms with van der Waals surface area (Å²) in [5, 5.41) is 6.57. The fourth-order valence-corrected chi connectivity index (χ4v) is 2.63. The molecule has 1 aromatic heterocycles. The number of pyridine rings is 1. The average Bonchev–Trinajstić information content (AvgIpc) is 2.71. The molecule has 3 rings (SSSR count). The third kappa shape index (κ3) is 5.14. The second-order valence-electron chi connectivity index (χ2n) is 6.01. The Balaban J connectivity index is 1.59. The van der Waals surface area contributed by atoms with Crippen molar-refractivity contribution in [2.75, 3.05) is 24.4 Å². The van der Waals surface area contributed by atoms with Gasteiger partial charge in [0.1, 0.15) is 17.3 Å². The number of ether oxygens (including phenoxy) is 2. The molecule has 1 amide bonds. The Morgan fingerprint density at radius 3 is 2.61 bits per heavy atom. The Labute approximate surface area is 168 Å². The molecular weight excluding hydrogens is 378 g/mol. The highest BCUT2D eigenvalue weighted by Gasteiger charge is 2.09. The summed E-state index contributed by atoms with van der Waals surface area (Å²) in [6.45, 7) is 1.83. The van der Waals surface area contributed by atoms with E-state index in [1.807, 2.05) is 37.3 Å². The predicted molar refractivity (Wildman–Crippen MR) is 111 cm³/mol. The van der Waals surface area contributed by atoms with Crippen molar-refractivity contribution in [3.05, 3.63) is 71.4 Å². The van der Waals surface area contributed by atoms with E-state index in [2.05, 4.69) is 15.6 Å². The molecule has 0 atom stereocenters. The van der Waals surface area contributed by atoms with Crippen molar-refractivity contribution < 1.29 is 14.3 Å². The topological polar surface area (TPSA) is 72.5 Å². The summed E-state index contributed by atoms with van der Waals surface area (Å²) in [4.78, 5) is 16.2. The van der Waals surface area contributed by atoms with E-state index < -0.39 is 0 Å². The summed E-state index contributed by atoms with van der Waals surface area (Å²) in [6.07, 6.45) is 1.62. The number of carbonyl (C=O) groups excluding carboxylic acids is 1. The molecule has 0 radical (unpaired) electrons. The first-order valence-electron chi connectivity index (χ1n) is 8.60. The van der Waals surface area contributed by atoms with Gasteiger partial charge in [0.15, 0.2) is 6.61 Å². The number of nitrogens with one attached hydrogen (secondary N) is 2. The zero-order valence-electron chi connectivity index (χ0n) is 15.5. The second kappa shape index (κ2) is 9.10. The summed E-state index contributed by atoms with van der Waals surface area (Å²) < 4.78 is 10.8. The fraction of sp³-hybridized carbons (Fsp3) is 0.143. The number of hydrogen-bond acceptors (Lipinski definition) is 5. The highest BCUT2D eigenvalue weighted by atomic mass is 35.5. The van der Waals surface area contributed by atoms with E-state index in [1.165, 1.54) is 0 Å². The first-order chi connectivity index (χ1) is 13.5. The van der Waals surface area contributed by atoms with Crippen LogP contribution in [0.25, 0.3) is 0 Å². The number of amides is 1. The molecule has 0 unspecified atom stereocenters. The highest BCUT2D eigenvalue weighted by molar-refractivity contribution is 6.31. The van der Waals surface area contributed by atoms with E-state index >= 15 is 0 Å². The minimum Gasteiger partial charge on any atom is -0.495 e. The fourth-order valence-electron chi connectivity index (χ4n) is 2.47. The molecule has 0 saturated carbocycles. The van der Waals surface area contributed by atoms with Gasteiger partial charge in [0.05, 0.1) is 24.7 Å². The van der Waals surface area contributed by atoms with Gasteiger partial charge in [0, 0.05) is 11.1 Å². The molecule has 2 aromatic carbocycles. The van der Waals surface area contributed by atoms with Crippen molar-refractivity contribution in [3.63, 3.8) is 0 Å². The maximum Gasteiger partial charge on any atom is 0.263 e. The van der Waals surface area contributed by atoms with Crippen LogP contribution in [0.3, 0.4) is 0 Å². The Kier molecular flexibility index (Phi) is 6.34. The van der Waals surface area contributed by atoms with Crippen LogP contribution in [-0.4, -0.2) is 24.6 Å². The first-order valence-corrected chi connectivity index (χ1v) is 8.98. The first kappa shape index (κ1) is 19.5. The Hall–Kier alpha value is -3.25. The van der Waals surface area contributed by atoms with Crippen molar-refractivity contribution >= 4 is 34.7 Å². The number of aromatic nitrogens is 1. The second-order valence-corrected chi connectivity index (χ2v) is 6.42. The zero-order valence-corrected chi connectivity index (χ0v) is 16.3. The number of para-hydroxylation sites is 1. The van der Waals surface area contributed by atoms with Crippen LogP contribution in [0.4, 0.5) is 17.2 Å². The SMILES string of the molecule is COc1cc(Cl)c(C)cc1Nc1ccc(NC(=O)COc2ccccc2)nc1. The number of benzene rings is 2. The van der Waals surface area contributed by atoms with Gasteiger partial charge in [-0.1, -0.05) is 29.8 Å². The summed E-state index contributed by atoms with van der Waals surface area (Å²) in [5.41, 5.74) is 2.46.